The fourth-order valence-corrected chi connectivity index (χ4v) is 3.12. The molecule has 2 fully saturated rings. The highest BCUT2D eigenvalue weighted by Crippen LogP contribution is 2.29. The van der Waals surface area contributed by atoms with Crippen LogP contribution in [0.5, 0.6) is 0 Å². The predicted octanol–water partition coefficient (Wildman–Crippen LogP) is 3.89. The van der Waals surface area contributed by atoms with E-state index in [4.69, 9.17) is 9.47 Å². The van der Waals surface area contributed by atoms with Crippen LogP contribution in [0.3, 0.4) is 0 Å². The van der Waals surface area contributed by atoms with E-state index >= 15 is 0 Å². The summed E-state index contributed by atoms with van der Waals surface area (Å²) in [5, 5.41) is 0. The summed E-state index contributed by atoms with van der Waals surface area (Å²) < 4.78 is 11.2. The Labute approximate surface area is 120 Å². The van der Waals surface area contributed by atoms with E-state index < -0.39 is 0 Å². The molecule has 1 aromatic rings. The second-order valence-corrected chi connectivity index (χ2v) is 5.75. The molecule has 108 valence electrons. The van der Waals surface area contributed by atoms with Gasteiger partial charge in [0.15, 0.2) is 12.1 Å². The van der Waals surface area contributed by atoms with Crippen molar-refractivity contribution in [3.63, 3.8) is 0 Å². The maximum atomic E-state index is 12.6. The minimum atomic E-state index is -0.303. The molecule has 20 heavy (non-hydrogen) atoms. The summed E-state index contributed by atoms with van der Waals surface area (Å²) in [6.45, 7) is 1.46. The summed E-state index contributed by atoms with van der Waals surface area (Å²) in [7, 11) is 0. The fourth-order valence-electron chi connectivity index (χ4n) is 3.12. The molecule has 1 heterocycles. The Balaban J connectivity index is 1.74. The zero-order valence-corrected chi connectivity index (χ0v) is 11.8. The van der Waals surface area contributed by atoms with E-state index in [-0.39, 0.29) is 12.2 Å². The molecule has 0 atom stereocenters. The summed E-state index contributed by atoms with van der Waals surface area (Å²) in [5.74, 6) is 0.509. The number of carbonyl (C=O) groups excluding carboxylic acids is 1. The highest BCUT2D eigenvalue weighted by atomic mass is 16.7. The van der Waals surface area contributed by atoms with Crippen molar-refractivity contribution < 1.29 is 14.3 Å². The monoisotopic (exact) mass is 274 g/mol. The van der Waals surface area contributed by atoms with Gasteiger partial charge < -0.3 is 9.47 Å². The van der Waals surface area contributed by atoms with Crippen LogP contribution in [0, 0.1) is 5.92 Å². The van der Waals surface area contributed by atoms with Crippen LogP contribution in [0.25, 0.3) is 0 Å². The molecule has 0 spiro atoms. The average molecular weight is 274 g/mol. The highest BCUT2D eigenvalue weighted by Gasteiger charge is 2.23. The summed E-state index contributed by atoms with van der Waals surface area (Å²) in [6, 6.07) is 7.79. The normalized spacial score (nSPS) is 21.8. The lowest BCUT2D eigenvalue weighted by Gasteiger charge is -2.24. The van der Waals surface area contributed by atoms with Gasteiger partial charge in [-0.1, -0.05) is 37.5 Å². The number of ether oxygens (including phenoxy) is 2. The molecule has 0 unspecified atom stereocenters. The molecule has 0 amide bonds. The number of carbonyl (C=O) groups is 1. The molecule has 1 saturated carbocycles. The maximum absolute atomic E-state index is 12.6. The maximum Gasteiger partial charge on any atom is 0.183 e. The number of ketones is 1. The van der Waals surface area contributed by atoms with E-state index in [1.807, 2.05) is 24.3 Å². The first kappa shape index (κ1) is 13.8. The van der Waals surface area contributed by atoms with Gasteiger partial charge in [0.25, 0.3) is 0 Å². The second-order valence-electron chi connectivity index (χ2n) is 5.75. The van der Waals surface area contributed by atoms with Gasteiger partial charge in [-0.05, 0) is 25.3 Å². The molecule has 0 bridgehead atoms. The van der Waals surface area contributed by atoms with Crippen LogP contribution in [-0.2, 0) is 9.47 Å². The quantitative estimate of drug-likeness (QED) is 0.784. The summed E-state index contributed by atoms with van der Waals surface area (Å²) in [6.07, 6.45) is 6.36. The van der Waals surface area contributed by atoms with Gasteiger partial charge in [-0.25, -0.2) is 0 Å². The smallest absolute Gasteiger partial charge is 0.183 e. The first-order chi connectivity index (χ1) is 9.84. The molecule has 3 nitrogen and oxygen atoms in total. The number of Topliss-reactive ketones (excluding diaryl/α,β-unsaturated/α-hetero) is 1. The third-order valence-corrected chi connectivity index (χ3v) is 4.25. The minimum absolute atomic E-state index is 0.215. The Hall–Kier alpha value is -1.19. The van der Waals surface area contributed by atoms with Crippen molar-refractivity contribution in [1.82, 2.24) is 0 Å². The van der Waals surface area contributed by atoms with Gasteiger partial charge in [-0.3, -0.25) is 4.79 Å². The van der Waals surface area contributed by atoms with Crippen molar-refractivity contribution in [3.8, 4) is 0 Å². The summed E-state index contributed by atoms with van der Waals surface area (Å²) in [5.41, 5.74) is 1.78. The van der Waals surface area contributed by atoms with Crippen LogP contribution in [0.1, 0.15) is 60.7 Å². The Kier molecular flexibility index (Phi) is 4.48. The summed E-state index contributed by atoms with van der Waals surface area (Å²) >= 11 is 0. The lowest BCUT2D eigenvalue weighted by Crippen LogP contribution is -2.20. The number of hydrogen-bond acceptors (Lipinski definition) is 3. The topological polar surface area (TPSA) is 35.5 Å². The van der Waals surface area contributed by atoms with Gasteiger partial charge in [0, 0.05) is 17.0 Å². The molecular weight excluding hydrogens is 252 g/mol. The van der Waals surface area contributed by atoms with Gasteiger partial charge in [-0.2, -0.15) is 0 Å². The standard InChI is InChI=1S/C17H22O3/c18-16(13-6-2-1-3-7-13)14-8-4-9-15(12-14)17-19-10-5-11-20-17/h4,8-9,12-13,17H,1-3,5-7,10-11H2. The van der Waals surface area contributed by atoms with Crippen LogP contribution < -0.4 is 0 Å². The van der Waals surface area contributed by atoms with Crippen molar-refractivity contribution in [2.45, 2.75) is 44.8 Å². The molecule has 3 heteroatoms. The Morgan fingerprint density at radius 2 is 1.75 bits per heavy atom. The number of hydrogen-bond donors (Lipinski definition) is 0. The van der Waals surface area contributed by atoms with Crippen LogP contribution in [0.15, 0.2) is 24.3 Å². The molecular formula is C17H22O3. The van der Waals surface area contributed by atoms with E-state index in [1.54, 1.807) is 0 Å². The molecule has 1 aromatic carbocycles. The SMILES string of the molecule is O=C(c1cccc(C2OCCCO2)c1)C1CCCCC1. The minimum Gasteiger partial charge on any atom is -0.348 e. The Bertz CT molecular complexity index is 457. The molecule has 1 aliphatic carbocycles. The molecule has 1 aliphatic heterocycles. The van der Waals surface area contributed by atoms with Gasteiger partial charge in [-0.15, -0.1) is 0 Å². The zero-order chi connectivity index (χ0) is 13.8. The van der Waals surface area contributed by atoms with Crippen LogP contribution in [0.4, 0.5) is 0 Å². The molecule has 0 aromatic heterocycles. The average Bonchev–Trinajstić information content (AvgIpc) is 2.56. The zero-order valence-electron chi connectivity index (χ0n) is 11.8. The van der Waals surface area contributed by atoms with E-state index in [1.165, 1.54) is 19.3 Å². The Morgan fingerprint density at radius 1 is 1.00 bits per heavy atom. The van der Waals surface area contributed by atoms with Crippen molar-refractivity contribution in [3.05, 3.63) is 35.4 Å². The number of benzene rings is 1. The lowest BCUT2D eigenvalue weighted by atomic mass is 9.83. The fraction of sp³-hybridized carbons (Fsp3) is 0.588. The highest BCUT2D eigenvalue weighted by molar-refractivity contribution is 5.98. The van der Waals surface area contributed by atoms with E-state index in [0.717, 1.165) is 43.6 Å². The first-order valence-corrected chi connectivity index (χ1v) is 7.72. The molecule has 3 rings (SSSR count). The largest absolute Gasteiger partial charge is 0.348 e. The second kappa shape index (κ2) is 6.51. The van der Waals surface area contributed by atoms with Gasteiger partial charge in [0.05, 0.1) is 13.2 Å². The van der Waals surface area contributed by atoms with Crippen LogP contribution >= 0.6 is 0 Å². The third kappa shape index (κ3) is 3.10. The molecule has 0 N–H and O–H groups in total. The van der Waals surface area contributed by atoms with Crippen molar-refractivity contribution in [1.29, 1.82) is 0 Å². The predicted molar refractivity (Wildman–Crippen MR) is 76.6 cm³/mol. The van der Waals surface area contributed by atoms with Gasteiger partial charge in [0.1, 0.15) is 0 Å². The van der Waals surface area contributed by atoms with Gasteiger partial charge in [0.2, 0.25) is 0 Å². The van der Waals surface area contributed by atoms with Crippen molar-refractivity contribution in [2.75, 3.05) is 13.2 Å². The summed E-state index contributed by atoms with van der Waals surface area (Å²) in [4.78, 5) is 12.6. The van der Waals surface area contributed by atoms with Crippen LogP contribution in [0.2, 0.25) is 0 Å². The lowest BCUT2D eigenvalue weighted by molar-refractivity contribution is -0.183. The van der Waals surface area contributed by atoms with E-state index in [0.29, 0.717) is 5.78 Å². The van der Waals surface area contributed by atoms with Crippen molar-refractivity contribution >= 4 is 5.78 Å². The molecule has 0 radical (unpaired) electrons. The van der Waals surface area contributed by atoms with E-state index in [9.17, 15) is 4.79 Å². The molecule has 1 saturated heterocycles. The molecule has 2 aliphatic rings. The Morgan fingerprint density at radius 3 is 2.50 bits per heavy atom. The first-order valence-electron chi connectivity index (χ1n) is 7.72. The number of rotatable bonds is 3. The third-order valence-electron chi connectivity index (χ3n) is 4.25. The van der Waals surface area contributed by atoms with Crippen LogP contribution in [-0.4, -0.2) is 19.0 Å². The van der Waals surface area contributed by atoms with Gasteiger partial charge >= 0.3 is 0 Å². The van der Waals surface area contributed by atoms with E-state index in [2.05, 4.69) is 0 Å². The van der Waals surface area contributed by atoms with Crippen molar-refractivity contribution in [2.24, 2.45) is 5.92 Å².